The molecule has 0 amide bonds. The second-order valence-corrected chi connectivity index (χ2v) is 3.29. The van der Waals surface area contributed by atoms with Crippen LogP contribution in [0.4, 0.5) is 0 Å². The molecule has 1 N–H and O–H groups in total. The third-order valence-electron chi connectivity index (χ3n) is 0.763. The molecule has 0 bridgehead atoms. The lowest BCUT2D eigenvalue weighted by molar-refractivity contribution is -0.140. The van der Waals surface area contributed by atoms with Gasteiger partial charge in [0, 0.05) is 6.08 Å². The van der Waals surface area contributed by atoms with Gasteiger partial charge in [-0.25, -0.2) is 4.79 Å². The van der Waals surface area contributed by atoms with Gasteiger partial charge in [-0.15, -0.1) is 11.6 Å². The maximum Gasteiger partial charge on any atom is 0.330 e. The lowest BCUT2D eigenvalue weighted by atomic mass is 10.4. The number of carbonyl (C=O) groups is 1. The van der Waals surface area contributed by atoms with E-state index in [0.29, 0.717) is 0 Å². The quantitative estimate of drug-likeness (QED) is 0.428. The van der Waals surface area contributed by atoms with E-state index >= 15 is 0 Å². The van der Waals surface area contributed by atoms with Crippen molar-refractivity contribution in [1.82, 2.24) is 4.90 Å². The van der Waals surface area contributed by atoms with Crippen molar-refractivity contribution in [2.75, 3.05) is 33.6 Å². The standard InChI is InChI=1S/C6H9ClO3.C3H9N/c1-2-6(9)10-4-5(8)3-7;1-4(2)3/h2,5,8H,1,3-4H2;1-3H3. The molecule has 0 aromatic rings. The average Bonchev–Trinajstić information content (AvgIpc) is 2.12. The van der Waals surface area contributed by atoms with Crippen molar-refractivity contribution < 1.29 is 14.6 Å². The zero-order valence-corrected chi connectivity index (χ0v) is 9.62. The van der Waals surface area contributed by atoms with Crippen LogP contribution in [0.15, 0.2) is 12.7 Å². The van der Waals surface area contributed by atoms with E-state index in [1.807, 2.05) is 26.0 Å². The first kappa shape index (κ1) is 15.9. The molecule has 14 heavy (non-hydrogen) atoms. The number of alkyl halides is 1. The highest BCUT2D eigenvalue weighted by molar-refractivity contribution is 6.18. The van der Waals surface area contributed by atoms with E-state index in [1.54, 1.807) is 0 Å². The van der Waals surface area contributed by atoms with Crippen LogP contribution in [0.2, 0.25) is 0 Å². The van der Waals surface area contributed by atoms with Crippen molar-refractivity contribution >= 4 is 17.6 Å². The van der Waals surface area contributed by atoms with Crippen molar-refractivity contribution in [3.05, 3.63) is 12.7 Å². The minimum absolute atomic E-state index is 0.0599. The normalized spacial score (nSPS) is 11.3. The van der Waals surface area contributed by atoms with Gasteiger partial charge in [-0.1, -0.05) is 6.58 Å². The predicted molar refractivity (Wildman–Crippen MR) is 57.5 cm³/mol. The number of aliphatic hydroxyl groups excluding tert-OH is 1. The third-order valence-corrected chi connectivity index (χ3v) is 1.12. The topological polar surface area (TPSA) is 49.8 Å². The van der Waals surface area contributed by atoms with Crippen LogP contribution >= 0.6 is 11.6 Å². The first-order valence-corrected chi connectivity index (χ1v) is 4.61. The lowest BCUT2D eigenvalue weighted by Gasteiger charge is -2.04. The molecule has 0 aliphatic rings. The van der Waals surface area contributed by atoms with Gasteiger partial charge in [-0.2, -0.15) is 0 Å². The van der Waals surface area contributed by atoms with Gasteiger partial charge in [-0.3, -0.25) is 0 Å². The average molecular weight is 224 g/mol. The van der Waals surface area contributed by atoms with Crippen molar-refractivity contribution in [2.24, 2.45) is 0 Å². The molecule has 1 atom stereocenters. The summed E-state index contributed by atoms with van der Waals surface area (Å²) >= 11 is 5.21. The summed E-state index contributed by atoms with van der Waals surface area (Å²) in [7, 11) is 6.00. The SMILES string of the molecule is C=CC(=O)OCC(O)CCl.CN(C)C. The van der Waals surface area contributed by atoms with Crippen molar-refractivity contribution in [3.63, 3.8) is 0 Å². The van der Waals surface area contributed by atoms with Gasteiger partial charge in [0.1, 0.15) is 12.7 Å². The molecule has 0 rings (SSSR count). The number of halogens is 1. The number of ether oxygens (including phenoxy) is 1. The Bertz CT molecular complexity index is 159. The monoisotopic (exact) mass is 223 g/mol. The van der Waals surface area contributed by atoms with E-state index in [2.05, 4.69) is 11.3 Å². The van der Waals surface area contributed by atoms with Crippen LogP contribution in [-0.2, 0) is 9.53 Å². The predicted octanol–water partition coefficient (Wildman–Crippen LogP) is 0.493. The van der Waals surface area contributed by atoms with E-state index in [9.17, 15) is 4.79 Å². The van der Waals surface area contributed by atoms with Gasteiger partial charge in [0.15, 0.2) is 0 Å². The van der Waals surface area contributed by atoms with Gasteiger partial charge >= 0.3 is 5.97 Å². The number of esters is 1. The minimum atomic E-state index is -0.787. The zero-order chi connectivity index (χ0) is 11.6. The molecular weight excluding hydrogens is 206 g/mol. The summed E-state index contributed by atoms with van der Waals surface area (Å²) in [5, 5.41) is 8.76. The van der Waals surface area contributed by atoms with Gasteiger partial charge in [0.25, 0.3) is 0 Å². The number of aliphatic hydroxyl groups is 1. The molecule has 0 aromatic heterocycles. The molecule has 0 saturated heterocycles. The minimum Gasteiger partial charge on any atom is -0.460 e. The Balaban J connectivity index is 0. The van der Waals surface area contributed by atoms with E-state index < -0.39 is 12.1 Å². The van der Waals surface area contributed by atoms with Crippen LogP contribution in [0, 0.1) is 0 Å². The molecular formula is C9H18ClNO3. The van der Waals surface area contributed by atoms with Crippen LogP contribution in [0.3, 0.4) is 0 Å². The van der Waals surface area contributed by atoms with Gasteiger partial charge in [-0.05, 0) is 21.1 Å². The summed E-state index contributed by atoms with van der Waals surface area (Å²) in [6, 6.07) is 0. The summed E-state index contributed by atoms with van der Waals surface area (Å²) in [6.45, 7) is 3.10. The highest BCUT2D eigenvalue weighted by atomic mass is 35.5. The first-order valence-electron chi connectivity index (χ1n) is 4.08. The number of hydrogen-bond donors (Lipinski definition) is 1. The molecule has 0 aromatic carbocycles. The number of hydrogen-bond acceptors (Lipinski definition) is 4. The number of nitrogens with zero attached hydrogens (tertiary/aromatic N) is 1. The molecule has 4 nitrogen and oxygen atoms in total. The van der Waals surface area contributed by atoms with Crippen LogP contribution in [0.5, 0.6) is 0 Å². The number of rotatable bonds is 4. The van der Waals surface area contributed by atoms with E-state index in [-0.39, 0.29) is 12.5 Å². The van der Waals surface area contributed by atoms with Crippen LogP contribution in [-0.4, -0.2) is 55.7 Å². The smallest absolute Gasteiger partial charge is 0.330 e. The zero-order valence-electron chi connectivity index (χ0n) is 8.86. The second kappa shape index (κ2) is 10.5. The van der Waals surface area contributed by atoms with E-state index in [0.717, 1.165) is 6.08 Å². The summed E-state index contributed by atoms with van der Waals surface area (Å²) in [4.78, 5) is 12.3. The molecule has 5 heteroatoms. The summed E-state index contributed by atoms with van der Waals surface area (Å²) in [5.41, 5.74) is 0. The largest absolute Gasteiger partial charge is 0.460 e. The Labute approximate surface area is 90.1 Å². The van der Waals surface area contributed by atoms with Crippen LogP contribution in [0.1, 0.15) is 0 Å². The molecule has 84 valence electrons. The van der Waals surface area contributed by atoms with Crippen molar-refractivity contribution in [3.8, 4) is 0 Å². The van der Waals surface area contributed by atoms with Crippen molar-refractivity contribution in [1.29, 1.82) is 0 Å². The molecule has 0 aliphatic heterocycles. The summed E-state index contributed by atoms with van der Waals surface area (Å²) < 4.78 is 4.45. The molecule has 0 saturated carbocycles. The molecule has 1 unspecified atom stereocenters. The van der Waals surface area contributed by atoms with Crippen LogP contribution < -0.4 is 0 Å². The maximum absolute atomic E-state index is 10.3. The summed E-state index contributed by atoms with van der Waals surface area (Å²) in [6.07, 6.45) is 0.242. The van der Waals surface area contributed by atoms with Crippen molar-refractivity contribution in [2.45, 2.75) is 6.10 Å². The Morgan fingerprint density at radius 1 is 1.64 bits per heavy atom. The van der Waals surface area contributed by atoms with Gasteiger partial charge in [0.05, 0.1) is 5.88 Å². The van der Waals surface area contributed by atoms with Crippen LogP contribution in [0.25, 0.3) is 0 Å². The van der Waals surface area contributed by atoms with Gasteiger partial charge < -0.3 is 14.7 Å². The number of carbonyl (C=O) groups excluding carboxylic acids is 1. The fourth-order valence-corrected chi connectivity index (χ4v) is 0.371. The fourth-order valence-electron chi connectivity index (χ4n) is 0.282. The highest BCUT2D eigenvalue weighted by Gasteiger charge is 2.03. The Hall–Kier alpha value is -0.580. The molecule has 0 heterocycles. The van der Waals surface area contributed by atoms with E-state index in [4.69, 9.17) is 16.7 Å². The Kier molecular flexibility index (Phi) is 11.9. The van der Waals surface area contributed by atoms with E-state index in [1.165, 1.54) is 0 Å². The third kappa shape index (κ3) is 17.5. The second-order valence-electron chi connectivity index (χ2n) is 2.98. The summed E-state index contributed by atoms with van der Waals surface area (Å²) in [5.74, 6) is -0.492. The van der Waals surface area contributed by atoms with Gasteiger partial charge in [0.2, 0.25) is 0 Å². The lowest BCUT2D eigenvalue weighted by Crippen LogP contribution is -2.18. The maximum atomic E-state index is 10.3. The molecule has 0 radical (unpaired) electrons. The highest BCUT2D eigenvalue weighted by Crippen LogP contribution is 1.89. The fraction of sp³-hybridized carbons (Fsp3) is 0.667. The molecule has 0 aliphatic carbocycles. The molecule has 0 fully saturated rings. The molecule has 0 spiro atoms. The Morgan fingerprint density at radius 3 is 2.36 bits per heavy atom. The first-order chi connectivity index (χ1) is 6.43. The Morgan fingerprint density at radius 2 is 2.07 bits per heavy atom.